The van der Waals surface area contributed by atoms with Gasteiger partial charge >= 0.3 is 5.97 Å². The van der Waals surface area contributed by atoms with Crippen molar-refractivity contribution in [2.45, 2.75) is 25.3 Å². The fourth-order valence-corrected chi connectivity index (χ4v) is 2.87. The SMILES string of the molecule is O=C(O)c1cccc(C(=O)N2CCCCC2c2ncc[nH]2)c1. The molecule has 1 aromatic carbocycles. The number of nitrogens with zero attached hydrogens (tertiary/aromatic N) is 2. The molecule has 1 unspecified atom stereocenters. The van der Waals surface area contributed by atoms with Gasteiger partial charge in [0.15, 0.2) is 0 Å². The van der Waals surface area contributed by atoms with Crippen LogP contribution in [0.15, 0.2) is 36.7 Å². The number of carboxylic acids is 1. The van der Waals surface area contributed by atoms with E-state index in [1.807, 2.05) is 0 Å². The lowest BCUT2D eigenvalue weighted by Crippen LogP contribution is -2.39. The number of aromatic amines is 1. The maximum absolute atomic E-state index is 12.8. The third-order valence-corrected chi connectivity index (χ3v) is 3.96. The van der Waals surface area contributed by atoms with Crippen molar-refractivity contribution >= 4 is 11.9 Å². The molecule has 1 atom stereocenters. The fraction of sp³-hybridized carbons (Fsp3) is 0.312. The number of carbonyl (C=O) groups is 2. The van der Waals surface area contributed by atoms with Crippen LogP contribution < -0.4 is 0 Å². The van der Waals surface area contributed by atoms with Gasteiger partial charge in [-0.05, 0) is 37.5 Å². The highest BCUT2D eigenvalue weighted by atomic mass is 16.4. The second kappa shape index (κ2) is 6.01. The summed E-state index contributed by atoms with van der Waals surface area (Å²) >= 11 is 0. The van der Waals surface area contributed by atoms with E-state index in [-0.39, 0.29) is 17.5 Å². The number of rotatable bonds is 3. The minimum absolute atomic E-state index is 0.0789. The van der Waals surface area contributed by atoms with Crippen LogP contribution in [0.5, 0.6) is 0 Å². The molecule has 1 aromatic heterocycles. The van der Waals surface area contributed by atoms with Crippen molar-refractivity contribution in [3.63, 3.8) is 0 Å². The number of piperidine rings is 1. The summed E-state index contributed by atoms with van der Waals surface area (Å²) < 4.78 is 0. The molecule has 0 bridgehead atoms. The Kier molecular flexibility index (Phi) is 3.91. The lowest BCUT2D eigenvalue weighted by atomic mass is 9.99. The van der Waals surface area contributed by atoms with Gasteiger partial charge in [0.1, 0.15) is 5.82 Å². The van der Waals surface area contributed by atoms with Crippen molar-refractivity contribution < 1.29 is 14.7 Å². The molecule has 114 valence electrons. The molecule has 3 rings (SSSR count). The largest absolute Gasteiger partial charge is 0.478 e. The summed E-state index contributed by atoms with van der Waals surface area (Å²) in [7, 11) is 0. The average Bonchev–Trinajstić information content (AvgIpc) is 3.08. The zero-order chi connectivity index (χ0) is 15.5. The molecule has 0 radical (unpaired) electrons. The lowest BCUT2D eigenvalue weighted by molar-refractivity contribution is 0.0601. The van der Waals surface area contributed by atoms with Crippen LogP contribution in [-0.2, 0) is 0 Å². The number of imidazole rings is 1. The van der Waals surface area contributed by atoms with E-state index in [1.165, 1.54) is 12.1 Å². The highest BCUT2D eigenvalue weighted by Crippen LogP contribution is 2.30. The highest BCUT2D eigenvalue weighted by Gasteiger charge is 2.30. The minimum Gasteiger partial charge on any atom is -0.478 e. The number of nitrogens with one attached hydrogen (secondary N) is 1. The number of H-pyrrole nitrogens is 1. The van der Waals surface area contributed by atoms with Gasteiger partial charge in [-0.1, -0.05) is 6.07 Å². The molecule has 2 heterocycles. The topological polar surface area (TPSA) is 86.3 Å². The van der Waals surface area contributed by atoms with Crippen molar-refractivity contribution in [2.24, 2.45) is 0 Å². The number of hydrogen-bond donors (Lipinski definition) is 2. The smallest absolute Gasteiger partial charge is 0.335 e. The van der Waals surface area contributed by atoms with Crippen molar-refractivity contribution in [3.8, 4) is 0 Å². The number of benzene rings is 1. The average molecular weight is 299 g/mol. The standard InChI is InChI=1S/C16H17N3O3/c20-15(11-4-3-5-12(10-11)16(21)22)19-9-2-1-6-13(19)14-17-7-8-18-14/h3-5,7-8,10,13H,1-2,6,9H2,(H,17,18)(H,21,22). The lowest BCUT2D eigenvalue weighted by Gasteiger charge is -2.34. The summed E-state index contributed by atoms with van der Waals surface area (Å²) in [4.78, 5) is 33.0. The zero-order valence-electron chi connectivity index (χ0n) is 12.0. The summed E-state index contributed by atoms with van der Waals surface area (Å²) in [6.07, 6.45) is 6.28. The first kappa shape index (κ1) is 14.3. The van der Waals surface area contributed by atoms with Gasteiger partial charge < -0.3 is 15.0 Å². The van der Waals surface area contributed by atoms with E-state index < -0.39 is 5.97 Å². The molecule has 2 N–H and O–H groups in total. The van der Waals surface area contributed by atoms with Crippen LogP contribution in [0.1, 0.15) is 51.8 Å². The van der Waals surface area contributed by atoms with Gasteiger partial charge in [0, 0.05) is 24.5 Å². The highest BCUT2D eigenvalue weighted by molar-refractivity contribution is 5.97. The summed E-state index contributed by atoms with van der Waals surface area (Å²) in [5.74, 6) is -0.400. The van der Waals surface area contributed by atoms with E-state index >= 15 is 0 Å². The Morgan fingerprint density at radius 2 is 2.09 bits per heavy atom. The normalized spacial score (nSPS) is 18.2. The van der Waals surface area contributed by atoms with E-state index in [0.717, 1.165) is 25.1 Å². The maximum Gasteiger partial charge on any atom is 0.335 e. The Hall–Kier alpha value is -2.63. The van der Waals surface area contributed by atoms with Crippen molar-refractivity contribution in [1.29, 1.82) is 0 Å². The molecule has 1 aliphatic heterocycles. The Balaban J connectivity index is 1.89. The molecule has 1 fully saturated rings. The molecule has 0 spiro atoms. The molecular weight excluding hydrogens is 282 g/mol. The number of amides is 1. The van der Waals surface area contributed by atoms with Crippen LogP contribution in [0.2, 0.25) is 0 Å². The summed E-state index contributed by atoms with van der Waals surface area (Å²) in [6, 6.07) is 6.09. The van der Waals surface area contributed by atoms with Gasteiger partial charge in [0.05, 0.1) is 11.6 Å². The number of carboxylic acid groups (broad SMARTS) is 1. The molecule has 6 nitrogen and oxygen atoms in total. The monoisotopic (exact) mass is 299 g/mol. The predicted octanol–water partition coefficient (Wildman–Crippen LogP) is 2.48. The Morgan fingerprint density at radius 1 is 1.27 bits per heavy atom. The first-order valence-electron chi connectivity index (χ1n) is 7.30. The molecule has 1 saturated heterocycles. The van der Waals surface area contributed by atoms with Crippen LogP contribution in [-0.4, -0.2) is 38.4 Å². The maximum atomic E-state index is 12.8. The number of carbonyl (C=O) groups excluding carboxylic acids is 1. The number of aromatic nitrogens is 2. The summed E-state index contributed by atoms with van der Waals surface area (Å²) in [6.45, 7) is 0.654. The van der Waals surface area contributed by atoms with Gasteiger partial charge in [-0.15, -0.1) is 0 Å². The van der Waals surface area contributed by atoms with Gasteiger partial charge in [-0.25, -0.2) is 9.78 Å². The fourth-order valence-electron chi connectivity index (χ4n) is 2.87. The second-order valence-electron chi connectivity index (χ2n) is 5.37. The van der Waals surface area contributed by atoms with Gasteiger partial charge in [-0.2, -0.15) is 0 Å². The molecule has 22 heavy (non-hydrogen) atoms. The molecular formula is C16H17N3O3. The molecule has 1 amide bonds. The zero-order valence-corrected chi connectivity index (χ0v) is 12.0. The predicted molar refractivity (Wildman–Crippen MR) is 79.6 cm³/mol. The van der Waals surface area contributed by atoms with Gasteiger partial charge in [0.2, 0.25) is 0 Å². The summed E-state index contributed by atoms with van der Waals surface area (Å²) in [5, 5.41) is 9.06. The molecule has 1 aliphatic rings. The quantitative estimate of drug-likeness (QED) is 0.911. The van der Waals surface area contributed by atoms with E-state index in [4.69, 9.17) is 5.11 Å². The van der Waals surface area contributed by atoms with E-state index in [0.29, 0.717) is 12.1 Å². The van der Waals surface area contributed by atoms with Gasteiger partial charge in [-0.3, -0.25) is 4.79 Å². The number of likely N-dealkylation sites (tertiary alicyclic amines) is 1. The minimum atomic E-state index is -1.03. The van der Waals surface area contributed by atoms with Crippen molar-refractivity contribution in [1.82, 2.24) is 14.9 Å². The molecule has 6 heteroatoms. The Morgan fingerprint density at radius 3 is 2.82 bits per heavy atom. The first-order valence-corrected chi connectivity index (χ1v) is 7.30. The second-order valence-corrected chi connectivity index (χ2v) is 5.37. The Labute approximate surface area is 127 Å². The van der Waals surface area contributed by atoms with Crippen LogP contribution in [0, 0.1) is 0 Å². The van der Waals surface area contributed by atoms with Crippen LogP contribution in [0.3, 0.4) is 0 Å². The van der Waals surface area contributed by atoms with Crippen molar-refractivity contribution in [2.75, 3.05) is 6.54 Å². The van der Waals surface area contributed by atoms with Crippen LogP contribution >= 0.6 is 0 Å². The van der Waals surface area contributed by atoms with Gasteiger partial charge in [0.25, 0.3) is 5.91 Å². The molecule has 0 saturated carbocycles. The third kappa shape index (κ3) is 2.72. The summed E-state index contributed by atoms with van der Waals surface area (Å²) in [5.41, 5.74) is 0.524. The third-order valence-electron chi connectivity index (χ3n) is 3.96. The van der Waals surface area contributed by atoms with E-state index in [2.05, 4.69) is 9.97 Å². The number of hydrogen-bond acceptors (Lipinski definition) is 3. The first-order chi connectivity index (χ1) is 10.7. The van der Waals surface area contributed by atoms with Crippen LogP contribution in [0.25, 0.3) is 0 Å². The molecule has 0 aliphatic carbocycles. The van der Waals surface area contributed by atoms with E-state index in [9.17, 15) is 9.59 Å². The number of aromatic carboxylic acids is 1. The van der Waals surface area contributed by atoms with E-state index in [1.54, 1.807) is 29.4 Å². The van der Waals surface area contributed by atoms with Crippen molar-refractivity contribution in [3.05, 3.63) is 53.6 Å². The molecule has 2 aromatic rings. The Bertz CT molecular complexity index is 682. The van der Waals surface area contributed by atoms with Crippen LogP contribution in [0.4, 0.5) is 0 Å².